The van der Waals surface area contributed by atoms with E-state index in [1.807, 2.05) is 19.4 Å². The molecule has 5 heteroatoms. The van der Waals surface area contributed by atoms with Gasteiger partial charge in [-0.2, -0.15) is 5.10 Å². The fourth-order valence-electron chi connectivity index (χ4n) is 1.74. The van der Waals surface area contributed by atoms with Crippen LogP contribution in [0.15, 0.2) is 30.6 Å². The molecule has 1 N–H and O–H groups in total. The fourth-order valence-corrected chi connectivity index (χ4v) is 1.93. The largest absolute Gasteiger partial charge is 0.312 e. The van der Waals surface area contributed by atoms with Gasteiger partial charge in [-0.05, 0) is 36.7 Å². The molecule has 0 radical (unpaired) electrons. The summed E-state index contributed by atoms with van der Waals surface area (Å²) in [7, 11) is 1.89. The summed E-state index contributed by atoms with van der Waals surface area (Å²) >= 11 is 5.82. The Balaban J connectivity index is 1.80. The maximum Gasteiger partial charge on any atom is 0.127 e. The Morgan fingerprint density at radius 3 is 3.00 bits per heavy atom. The summed E-state index contributed by atoms with van der Waals surface area (Å²) in [5, 5.41) is 7.84. The molecule has 0 saturated heterocycles. The number of benzene rings is 1. The number of hydrogen-bond acceptors (Lipinski definition) is 2. The van der Waals surface area contributed by atoms with Gasteiger partial charge in [-0.3, -0.25) is 4.68 Å². The monoisotopic (exact) mass is 267 g/mol. The van der Waals surface area contributed by atoms with Crippen molar-refractivity contribution in [2.75, 3.05) is 6.54 Å². The molecule has 0 fully saturated rings. The third kappa shape index (κ3) is 3.55. The molecule has 0 aliphatic heterocycles. The van der Waals surface area contributed by atoms with E-state index in [0.717, 1.165) is 18.5 Å². The van der Waals surface area contributed by atoms with Crippen molar-refractivity contribution in [3.05, 3.63) is 52.6 Å². The maximum absolute atomic E-state index is 13.4. The van der Waals surface area contributed by atoms with Crippen LogP contribution in [0.25, 0.3) is 0 Å². The number of rotatable bonds is 5. The van der Waals surface area contributed by atoms with Crippen molar-refractivity contribution >= 4 is 11.6 Å². The van der Waals surface area contributed by atoms with Gasteiger partial charge in [0.25, 0.3) is 0 Å². The van der Waals surface area contributed by atoms with E-state index in [1.165, 1.54) is 6.07 Å². The lowest BCUT2D eigenvalue weighted by atomic mass is 10.2. The smallest absolute Gasteiger partial charge is 0.127 e. The molecule has 0 saturated carbocycles. The highest BCUT2D eigenvalue weighted by molar-refractivity contribution is 6.30. The summed E-state index contributed by atoms with van der Waals surface area (Å²) in [6.07, 6.45) is 4.68. The number of nitrogens with zero attached hydrogens (tertiary/aromatic N) is 2. The average Bonchev–Trinajstić information content (AvgIpc) is 2.75. The molecular weight excluding hydrogens is 253 g/mol. The van der Waals surface area contributed by atoms with Crippen molar-refractivity contribution in [1.29, 1.82) is 0 Å². The zero-order valence-corrected chi connectivity index (χ0v) is 10.9. The summed E-state index contributed by atoms with van der Waals surface area (Å²) in [6, 6.07) is 4.59. The van der Waals surface area contributed by atoms with Crippen LogP contribution >= 0.6 is 11.6 Å². The van der Waals surface area contributed by atoms with Crippen LogP contribution in [0.3, 0.4) is 0 Å². The van der Waals surface area contributed by atoms with Gasteiger partial charge in [0.15, 0.2) is 0 Å². The molecule has 0 atom stereocenters. The molecule has 18 heavy (non-hydrogen) atoms. The first-order valence-corrected chi connectivity index (χ1v) is 6.15. The Kier molecular flexibility index (Phi) is 4.33. The van der Waals surface area contributed by atoms with E-state index in [4.69, 9.17) is 11.6 Å². The Hall–Kier alpha value is -1.39. The summed E-state index contributed by atoms with van der Waals surface area (Å²) < 4.78 is 15.2. The quantitative estimate of drug-likeness (QED) is 0.844. The summed E-state index contributed by atoms with van der Waals surface area (Å²) in [5.74, 6) is -0.228. The lowest BCUT2D eigenvalue weighted by molar-refractivity contribution is 0.588. The van der Waals surface area contributed by atoms with Gasteiger partial charge < -0.3 is 5.32 Å². The normalized spacial score (nSPS) is 10.8. The molecule has 1 aromatic heterocycles. The Morgan fingerprint density at radius 1 is 1.44 bits per heavy atom. The number of nitrogens with one attached hydrogen (secondary N) is 1. The zero-order chi connectivity index (χ0) is 13.0. The molecular formula is C13H15ClFN3. The first-order chi connectivity index (χ1) is 8.65. The predicted octanol–water partition coefficient (Wildman–Crippen LogP) is 2.54. The molecule has 0 spiro atoms. The molecule has 96 valence electrons. The van der Waals surface area contributed by atoms with E-state index in [-0.39, 0.29) is 5.82 Å². The van der Waals surface area contributed by atoms with Crippen LogP contribution in [-0.2, 0) is 20.0 Å². The van der Waals surface area contributed by atoms with Crippen molar-refractivity contribution < 1.29 is 4.39 Å². The highest BCUT2D eigenvalue weighted by Crippen LogP contribution is 2.14. The zero-order valence-electron chi connectivity index (χ0n) is 10.2. The standard InChI is InChI=1S/C13H15ClFN3/c1-18-9-10(7-17-18)4-5-16-8-11-6-12(14)2-3-13(11)15/h2-3,6-7,9,16H,4-5,8H2,1H3. The number of aryl methyl sites for hydroxylation is 1. The second kappa shape index (κ2) is 5.98. The van der Waals surface area contributed by atoms with Gasteiger partial charge in [-0.1, -0.05) is 11.6 Å². The Bertz CT molecular complexity index is 525. The fraction of sp³-hybridized carbons (Fsp3) is 0.308. The van der Waals surface area contributed by atoms with E-state index in [1.54, 1.807) is 16.8 Å². The topological polar surface area (TPSA) is 29.9 Å². The van der Waals surface area contributed by atoms with E-state index >= 15 is 0 Å². The van der Waals surface area contributed by atoms with Gasteiger partial charge in [-0.25, -0.2) is 4.39 Å². The van der Waals surface area contributed by atoms with E-state index in [0.29, 0.717) is 17.1 Å². The molecule has 3 nitrogen and oxygen atoms in total. The van der Waals surface area contributed by atoms with Crippen molar-refractivity contribution in [2.24, 2.45) is 7.05 Å². The molecule has 0 aliphatic carbocycles. The lowest BCUT2D eigenvalue weighted by Gasteiger charge is -2.05. The third-order valence-corrected chi connectivity index (χ3v) is 2.91. The van der Waals surface area contributed by atoms with Crippen LogP contribution in [0.1, 0.15) is 11.1 Å². The van der Waals surface area contributed by atoms with Gasteiger partial charge in [0, 0.05) is 30.4 Å². The minimum absolute atomic E-state index is 0.228. The highest BCUT2D eigenvalue weighted by atomic mass is 35.5. The van der Waals surface area contributed by atoms with Gasteiger partial charge in [0.1, 0.15) is 5.82 Å². The average molecular weight is 268 g/mol. The van der Waals surface area contributed by atoms with Gasteiger partial charge >= 0.3 is 0 Å². The maximum atomic E-state index is 13.4. The molecule has 2 aromatic rings. The molecule has 2 rings (SSSR count). The Labute approximate surface area is 111 Å². The number of halogens is 2. The minimum atomic E-state index is -0.228. The predicted molar refractivity (Wildman–Crippen MR) is 70.0 cm³/mol. The van der Waals surface area contributed by atoms with Crippen molar-refractivity contribution in [3.63, 3.8) is 0 Å². The first-order valence-electron chi connectivity index (χ1n) is 5.77. The number of aromatic nitrogens is 2. The van der Waals surface area contributed by atoms with E-state index < -0.39 is 0 Å². The third-order valence-electron chi connectivity index (χ3n) is 2.67. The van der Waals surface area contributed by atoms with Crippen LogP contribution in [0.2, 0.25) is 5.02 Å². The first kappa shape index (κ1) is 13.1. The lowest BCUT2D eigenvalue weighted by Crippen LogP contribution is -2.17. The summed E-state index contributed by atoms with van der Waals surface area (Å²) in [5.41, 5.74) is 1.75. The van der Waals surface area contributed by atoms with E-state index in [2.05, 4.69) is 10.4 Å². The van der Waals surface area contributed by atoms with Gasteiger partial charge in [0.2, 0.25) is 0 Å². The summed E-state index contributed by atoms with van der Waals surface area (Å²) in [4.78, 5) is 0. The second-order valence-corrected chi connectivity index (χ2v) is 4.62. The summed E-state index contributed by atoms with van der Waals surface area (Å²) in [6.45, 7) is 1.25. The molecule has 1 heterocycles. The van der Waals surface area contributed by atoms with Crippen LogP contribution in [0.4, 0.5) is 4.39 Å². The number of hydrogen-bond donors (Lipinski definition) is 1. The van der Waals surface area contributed by atoms with Gasteiger partial charge in [-0.15, -0.1) is 0 Å². The highest BCUT2D eigenvalue weighted by Gasteiger charge is 2.02. The second-order valence-electron chi connectivity index (χ2n) is 4.18. The SMILES string of the molecule is Cn1cc(CCNCc2cc(Cl)ccc2F)cn1. The van der Waals surface area contributed by atoms with Crippen LogP contribution in [-0.4, -0.2) is 16.3 Å². The molecule has 0 bridgehead atoms. The van der Waals surface area contributed by atoms with Crippen LogP contribution < -0.4 is 5.32 Å². The molecule has 1 aromatic carbocycles. The molecule has 0 unspecified atom stereocenters. The van der Waals surface area contributed by atoms with Crippen molar-refractivity contribution in [1.82, 2.24) is 15.1 Å². The minimum Gasteiger partial charge on any atom is -0.312 e. The molecule has 0 amide bonds. The van der Waals surface area contributed by atoms with Crippen LogP contribution in [0.5, 0.6) is 0 Å². The van der Waals surface area contributed by atoms with E-state index in [9.17, 15) is 4.39 Å². The molecule has 0 aliphatic rings. The van der Waals surface area contributed by atoms with Crippen molar-refractivity contribution in [3.8, 4) is 0 Å². The van der Waals surface area contributed by atoms with Gasteiger partial charge in [0.05, 0.1) is 6.20 Å². The van der Waals surface area contributed by atoms with Crippen LogP contribution in [0, 0.1) is 5.82 Å². The Morgan fingerprint density at radius 2 is 2.28 bits per heavy atom. The van der Waals surface area contributed by atoms with Crippen molar-refractivity contribution in [2.45, 2.75) is 13.0 Å².